The molecule has 0 aliphatic rings. The maximum absolute atomic E-state index is 14.5. The first-order valence-electron chi connectivity index (χ1n) is 8.69. The first kappa shape index (κ1) is 17.1. The van der Waals surface area contributed by atoms with E-state index in [1.54, 1.807) is 16.9 Å². The minimum Gasteiger partial charge on any atom is -0.396 e. The van der Waals surface area contributed by atoms with Crippen molar-refractivity contribution in [2.45, 2.75) is 20.3 Å². The van der Waals surface area contributed by atoms with Gasteiger partial charge < -0.3 is 4.84 Å². The number of halogens is 1. The van der Waals surface area contributed by atoms with Crippen LogP contribution in [0.1, 0.15) is 30.8 Å². The van der Waals surface area contributed by atoms with Gasteiger partial charge in [0.15, 0.2) is 5.65 Å². The van der Waals surface area contributed by atoms with E-state index in [0.29, 0.717) is 41.2 Å². The molecule has 0 radical (unpaired) electrons. The van der Waals surface area contributed by atoms with Crippen LogP contribution in [0.2, 0.25) is 0 Å². The smallest absolute Gasteiger partial charge is 0.153 e. The lowest BCUT2D eigenvalue weighted by atomic mass is 10.1. The van der Waals surface area contributed by atoms with Crippen molar-refractivity contribution in [1.82, 2.24) is 19.6 Å². The molecule has 0 aliphatic heterocycles. The summed E-state index contributed by atoms with van der Waals surface area (Å²) in [7, 11) is 0. The van der Waals surface area contributed by atoms with Crippen LogP contribution < -0.4 is 0 Å². The van der Waals surface area contributed by atoms with Crippen LogP contribution in [-0.2, 0) is 11.3 Å². The van der Waals surface area contributed by atoms with Crippen LogP contribution in [0.4, 0.5) is 4.39 Å². The monoisotopic (exact) mass is 363 g/mol. The Morgan fingerprint density at radius 1 is 1.22 bits per heavy atom. The van der Waals surface area contributed by atoms with E-state index in [9.17, 15) is 4.39 Å². The van der Waals surface area contributed by atoms with Crippen LogP contribution in [0.25, 0.3) is 16.6 Å². The van der Waals surface area contributed by atoms with Crippen molar-refractivity contribution in [1.29, 1.82) is 0 Å². The molecule has 0 spiro atoms. The van der Waals surface area contributed by atoms with Crippen LogP contribution in [0.3, 0.4) is 0 Å². The highest BCUT2D eigenvalue weighted by Crippen LogP contribution is 2.20. The Kier molecular flexibility index (Phi) is 4.50. The van der Waals surface area contributed by atoms with Gasteiger partial charge >= 0.3 is 0 Å². The highest BCUT2D eigenvalue weighted by Gasteiger charge is 2.12. The summed E-state index contributed by atoms with van der Waals surface area (Å²) in [6, 6.07) is 10.7. The van der Waals surface area contributed by atoms with Crippen molar-refractivity contribution in [3.8, 4) is 0 Å². The molecule has 0 saturated carbocycles. The molecular formula is C20H18FN5O. The van der Waals surface area contributed by atoms with Gasteiger partial charge in [-0.3, -0.25) is 4.98 Å². The number of pyridine rings is 1. The Balaban J connectivity index is 1.73. The van der Waals surface area contributed by atoms with Gasteiger partial charge in [0, 0.05) is 24.1 Å². The fourth-order valence-electron chi connectivity index (χ4n) is 2.91. The van der Waals surface area contributed by atoms with E-state index in [0.717, 1.165) is 11.1 Å². The van der Waals surface area contributed by atoms with Crippen molar-refractivity contribution in [2.75, 3.05) is 6.61 Å². The Hall–Kier alpha value is -3.35. The minimum absolute atomic E-state index is 0.290. The number of nitrogens with zero attached hydrogens (tertiary/aromatic N) is 5. The minimum atomic E-state index is -0.290. The molecule has 3 heterocycles. The van der Waals surface area contributed by atoms with Gasteiger partial charge in [0.2, 0.25) is 0 Å². The molecule has 0 unspecified atom stereocenters. The van der Waals surface area contributed by atoms with Gasteiger partial charge in [-0.1, -0.05) is 11.2 Å². The van der Waals surface area contributed by atoms with Gasteiger partial charge in [-0.2, -0.15) is 5.10 Å². The molecule has 4 rings (SSSR count). The van der Waals surface area contributed by atoms with Crippen molar-refractivity contribution in [3.05, 3.63) is 71.6 Å². The quantitative estimate of drug-likeness (QED) is 0.400. The van der Waals surface area contributed by atoms with Crippen molar-refractivity contribution in [3.63, 3.8) is 0 Å². The summed E-state index contributed by atoms with van der Waals surface area (Å²) < 4.78 is 16.2. The molecule has 0 N–H and O–H groups in total. The van der Waals surface area contributed by atoms with Gasteiger partial charge in [-0.05, 0) is 43.7 Å². The number of hydrogen-bond acceptors (Lipinski definition) is 5. The van der Waals surface area contributed by atoms with Crippen LogP contribution in [0.5, 0.6) is 0 Å². The molecular weight excluding hydrogens is 345 g/mol. The third-order valence-corrected chi connectivity index (χ3v) is 4.28. The summed E-state index contributed by atoms with van der Waals surface area (Å²) >= 11 is 0. The van der Waals surface area contributed by atoms with Crippen molar-refractivity contribution in [2.24, 2.45) is 5.16 Å². The summed E-state index contributed by atoms with van der Waals surface area (Å²) in [4.78, 5) is 13.6. The predicted octanol–water partition coefficient (Wildman–Crippen LogP) is 3.77. The van der Waals surface area contributed by atoms with Gasteiger partial charge in [0.25, 0.3) is 0 Å². The van der Waals surface area contributed by atoms with E-state index in [2.05, 4.69) is 20.2 Å². The second kappa shape index (κ2) is 7.11. The topological polar surface area (TPSA) is 64.7 Å². The second-order valence-corrected chi connectivity index (χ2v) is 6.15. The first-order valence-corrected chi connectivity index (χ1v) is 8.69. The fraction of sp³-hybridized carbons (Fsp3) is 0.200. The number of oxime groups is 1. The molecule has 3 aromatic heterocycles. The van der Waals surface area contributed by atoms with E-state index in [1.165, 1.54) is 6.07 Å². The number of imidazole rings is 1. The van der Waals surface area contributed by atoms with Crippen LogP contribution in [0, 0.1) is 5.82 Å². The SMILES string of the molecule is CCO/N=C(/C)c1ccc2ncc(Cc3cc4cccnc4cc3F)n2n1. The van der Waals surface area contributed by atoms with Gasteiger partial charge in [0.1, 0.15) is 23.8 Å². The Labute approximate surface area is 155 Å². The lowest BCUT2D eigenvalue weighted by Crippen LogP contribution is -2.07. The Bertz CT molecular complexity index is 1150. The molecule has 1 aromatic carbocycles. The average molecular weight is 363 g/mol. The van der Waals surface area contributed by atoms with Gasteiger partial charge in [-0.25, -0.2) is 13.9 Å². The highest BCUT2D eigenvalue weighted by atomic mass is 19.1. The van der Waals surface area contributed by atoms with Crippen molar-refractivity contribution >= 4 is 22.3 Å². The third-order valence-electron chi connectivity index (χ3n) is 4.28. The Morgan fingerprint density at radius 3 is 2.96 bits per heavy atom. The lowest BCUT2D eigenvalue weighted by molar-refractivity contribution is 0.159. The molecule has 6 nitrogen and oxygen atoms in total. The van der Waals surface area contributed by atoms with E-state index < -0.39 is 0 Å². The molecule has 27 heavy (non-hydrogen) atoms. The van der Waals surface area contributed by atoms with Crippen LogP contribution in [0.15, 0.2) is 53.9 Å². The van der Waals surface area contributed by atoms with Gasteiger partial charge in [-0.15, -0.1) is 0 Å². The largest absolute Gasteiger partial charge is 0.396 e. The molecule has 7 heteroatoms. The zero-order chi connectivity index (χ0) is 18.8. The molecule has 0 amide bonds. The maximum Gasteiger partial charge on any atom is 0.153 e. The summed E-state index contributed by atoms with van der Waals surface area (Å²) in [5.74, 6) is -0.290. The molecule has 4 aromatic rings. The van der Waals surface area contributed by atoms with E-state index in [4.69, 9.17) is 4.84 Å². The van der Waals surface area contributed by atoms with Crippen molar-refractivity contribution < 1.29 is 9.23 Å². The summed E-state index contributed by atoms with van der Waals surface area (Å²) in [6.07, 6.45) is 3.74. The number of benzene rings is 1. The van der Waals surface area contributed by atoms with Gasteiger partial charge in [0.05, 0.1) is 17.4 Å². The summed E-state index contributed by atoms with van der Waals surface area (Å²) in [5, 5.41) is 9.50. The molecule has 0 saturated heterocycles. The second-order valence-electron chi connectivity index (χ2n) is 6.15. The first-order chi connectivity index (χ1) is 13.2. The third kappa shape index (κ3) is 3.36. The molecule has 0 atom stereocenters. The van der Waals surface area contributed by atoms with E-state index in [1.807, 2.05) is 44.2 Å². The lowest BCUT2D eigenvalue weighted by Gasteiger charge is -2.06. The summed E-state index contributed by atoms with van der Waals surface area (Å²) in [5.41, 5.74) is 4.04. The Morgan fingerprint density at radius 2 is 2.11 bits per heavy atom. The molecule has 136 valence electrons. The average Bonchev–Trinajstić information content (AvgIpc) is 3.08. The molecule has 0 fully saturated rings. The normalized spacial score (nSPS) is 12.0. The van der Waals surface area contributed by atoms with Crippen LogP contribution in [-0.4, -0.2) is 31.9 Å². The number of rotatable bonds is 5. The zero-order valence-electron chi connectivity index (χ0n) is 15.1. The van der Waals surface area contributed by atoms with E-state index >= 15 is 0 Å². The predicted molar refractivity (Wildman–Crippen MR) is 101 cm³/mol. The number of fused-ring (bicyclic) bond motifs is 2. The molecule has 0 aliphatic carbocycles. The van der Waals surface area contributed by atoms with Crippen LogP contribution >= 0.6 is 0 Å². The number of hydrogen-bond donors (Lipinski definition) is 0. The maximum atomic E-state index is 14.5. The summed E-state index contributed by atoms with van der Waals surface area (Å²) in [6.45, 7) is 4.19. The number of aromatic nitrogens is 4. The zero-order valence-corrected chi connectivity index (χ0v) is 15.1. The van der Waals surface area contributed by atoms with E-state index in [-0.39, 0.29) is 5.82 Å². The fourth-order valence-corrected chi connectivity index (χ4v) is 2.91. The highest BCUT2D eigenvalue weighted by molar-refractivity contribution is 5.96. The standard InChI is InChI=1S/C20H18FN5O/c1-3-27-25-13(2)18-6-7-20-23-12-16(26(20)24-18)10-15-9-14-5-4-8-22-19(14)11-17(15)21/h4-9,11-12H,3,10H2,1-2H3/b25-13-. The molecule has 0 bridgehead atoms.